The summed E-state index contributed by atoms with van der Waals surface area (Å²) in [7, 11) is -3.43. The van der Waals surface area contributed by atoms with Crippen molar-refractivity contribution < 1.29 is 21.6 Å². The lowest BCUT2D eigenvalue weighted by Crippen LogP contribution is -2.37. The van der Waals surface area contributed by atoms with Gasteiger partial charge in [0.25, 0.3) is 0 Å². The number of rotatable bonds is 3. The van der Waals surface area contributed by atoms with E-state index in [2.05, 4.69) is 9.71 Å². The van der Waals surface area contributed by atoms with Gasteiger partial charge in [-0.15, -0.1) is 0 Å². The van der Waals surface area contributed by atoms with E-state index in [-0.39, 0.29) is 12.0 Å². The number of aromatic nitrogens is 2. The molecule has 0 radical (unpaired) electrons. The molecule has 3 N–H and O–H groups in total. The Balaban J connectivity index is 1.73. The quantitative estimate of drug-likeness (QED) is 0.649. The second kappa shape index (κ2) is 6.49. The van der Waals surface area contributed by atoms with Gasteiger partial charge in [0, 0.05) is 42.4 Å². The maximum atomic E-state index is 14.2. The van der Waals surface area contributed by atoms with E-state index in [0.29, 0.717) is 29.5 Å². The summed E-state index contributed by atoms with van der Waals surface area (Å²) in [5.74, 6) is -3.77. The summed E-state index contributed by atoms with van der Waals surface area (Å²) < 4.78 is 68.1. The van der Waals surface area contributed by atoms with Crippen LogP contribution in [0.15, 0.2) is 30.5 Å². The van der Waals surface area contributed by atoms with Gasteiger partial charge in [0.2, 0.25) is 10.0 Å². The van der Waals surface area contributed by atoms with Gasteiger partial charge < -0.3 is 10.1 Å². The minimum Gasteiger partial charge on any atom is -0.327 e. The molecule has 0 bridgehead atoms. The zero-order chi connectivity index (χ0) is 20.2. The van der Waals surface area contributed by atoms with Crippen LogP contribution >= 0.6 is 0 Å². The first-order valence-corrected chi connectivity index (χ1v) is 10.4. The predicted molar refractivity (Wildman–Crippen MR) is 98.1 cm³/mol. The fourth-order valence-corrected chi connectivity index (χ4v) is 4.24. The van der Waals surface area contributed by atoms with Gasteiger partial charge >= 0.3 is 0 Å². The molecule has 2 aromatic heterocycles. The predicted octanol–water partition coefficient (Wildman–Crippen LogP) is 2.33. The topological polar surface area (TPSA) is 89.5 Å². The van der Waals surface area contributed by atoms with Crippen molar-refractivity contribution in [2.75, 3.05) is 11.0 Å². The van der Waals surface area contributed by atoms with Crippen LogP contribution in [-0.4, -0.2) is 30.1 Å². The largest absolute Gasteiger partial charge is 0.327 e. The maximum Gasteiger partial charge on any atom is 0.229 e. The Morgan fingerprint density at radius 2 is 1.86 bits per heavy atom. The Kier molecular flexibility index (Phi) is 4.35. The zero-order valence-corrected chi connectivity index (χ0v) is 15.6. The number of nitrogens with zero attached hydrogens (tertiary/aromatic N) is 2. The lowest BCUT2D eigenvalue weighted by Gasteiger charge is -2.29. The first-order chi connectivity index (χ1) is 13.1. The molecule has 6 nitrogen and oxygen atoms in total. The highest BCUT2D eigenvalue weighted by Gasteiger charge is 2.32. The maximum absolute atomic E-state index is 14.2. The zero-order valence-electron chi connectivity index (χ0n) is 14.8. The van der Waals surface area contributed by atoms with E-state index in [1.165, 1.54) is 0 Å². The van der Waals surface area contributed by atoms with E-state index in [9.17, 15) is 21.6 Å². The normalized spacial score (nSPS) is 19.6. The molecule has 1 aliphatic carbocycles. The Bertz CT molecular complexity index is 1190. The molecular formula is C18H17F3N4O2S. The number of fused-ring (bicyclic) bond motifs is 3. The van der Waals surface area contributed by atoms with Crippen LogP contribution in [0.1, 0.15) is 22.9 Å². The van der Waals surface area contributed by atoms with Crippen molar-refractivity contribution >= 4 is 21.4 Å². The molecule has 148 valence electrons. The molecule has 2 atom stereocenters. The van der Waals surface area contributed by atoms with Crippen LogP contribution < -0.4 is 10.5 Å². The molecule has 0 saturated heterocycles. The number of halogens is 3. The van der Waals surface area contributed by atoms with Gasteiger partial charge in [-0.1, -0.05) is 0 Å². The van der Waals surface area contributed by atoms with Crippen LogP contribution in [0.2, 0.25) is 0 Å². The molecule has 1 aliphatic rings. The molecule has 1 aromatic carbocycles. The summed E-state index contributed by atoms with van der Waals surface area (Å²) in [5, 5.41) is 0. The molecular weight excluding hydrogens is 393 g/mol. The van der Waals surface area contributed by atoms with Crippen LogP contribution in [0.25, 0.3) is 5.65 Å². The molecule has 0 aliphatic heterocycles. The molecule has 2 heterocycles. The highest BCUT2D eigenvalue weighted by atomic mass is 32.2. The van der Waals surface area contributed by atoms with Crippen molar-refractivity contribution in [2.45, 2.75) is 24.8 Å². The van der Waals surface area contributed by atoms with Crippen molar-refractivity contribution in [1.29, 1.82) is 0 Å². The van der Waals surface area contributed by atoms with Gasteiger partial charge in [0.1, 0.15) is 11.5 Å². The Morgan fingerprint density at radius 3 is 2.57 bits per heavy atom. The number of hydrogen-bond donors (Lipinski definition) is 2. The van der Waals surface area contributed by atoms with E-state index in [1.807, 2.05) is 0 Å². The second-order valence-corrected chi connectivity index (χ2v) is 8.74. The summed E-state index contributed by atoms with van der Waals surface area (Å²) in [6, 6.07) is 4.05. The van der Waals surface area contributed by atoms with E-state index >= 15 is 0 Å². The molecule has 4 rings (SSSR count). The molecule has 10 heteroatoms. The smallest absolute Gasteiger partial charge is 0.229 e. The van der Waals surface area contributed by atoms with Gasteiger partial charge in [-0.25, -0.2) is 26.6 Å². The minimum atomic E-state index is -3.43. The average Bonchev–Trinajstić information content (AvgIpc) is 2.92. The van der Waals surface area contributed by atoms with Crippen LogP contribution in [-0.2, 0) is 22.9 Å². The van der Waals surface area contributed by atoms with Crippen LogP contribution in [0.4, 0.5) is 18.9 Å². The molecule has 28 heavy (non-hydrogen) atoms. The number of sulfonamides is 1. The molecule has 0 fully saturated rings. The van der Waals surface area contributed by atoms with Gasteiger partial charge in [0.15, 0.2) is 11.6 Å². The fraction of sp³-hybridized carbons (Fsp3) is 0.278. The lowest BCUT2D eigenvalue weighted by molar-refractivity contribution is 0.446. The van der Waals surface area contributed by atoms with E-state index < -0.39 is 39.4 Å². The average molecular weight is 410 g/mol. The first-order valence-electron chi connectivity index (χ1n) is 8.50. The Hall–Kier alpha value is -2.59. The summed E-state index contributed by atoms with van der Waals surface area (Å²) in [4.78, 5) is 4.51. The number of nitrogens with two attached hydrogens (primary N) is 1. The highest BCUT2D eigenvalue weighted by Crippen LogP contribution is 2.34. The van der Waals surface area contributed by atoms with Gasteiger partial charge in [-0.05, 0) is 24.1 Å². The van der Waals surface area contributed by atoms with Crippen LogP contribution in [0.3, 0.4) is 0 Å². The molecule has 3 aromatic rings. The molecule has 0 saturated carbocycles. The van der Waals surface area contributed by atoms with Crippen molar-refractivity contribution in [1.82, 2.24) is 9.38 Å². The number of hydrogen-bond acceptors (Lipinski definition) is 4. The highest BCUT2D eigenvalue weighted by molar-refractivity contribution is 7.92. The van der Waals surface area contributed by atoms with E-state index in [4.69, 9.17) is 5.73 Å². The van der Waals surface area contributed by atoms with Gasteiger partial charge in [-0.3, -0.25) is 4.72 Å². The third kappa shape index (κ3) is 3.33. The van der Waals surface area contributed by atoms with Crippen molar-refractivity contribution in [3.63, 3.8) is 0 Å². The number of benzene rings is 1. The summed E-state index contributed by atoms with van der Waals surface area (Å²) in [6.07, 6.45) is 3.35. The first kappa shape index (κ1) is 18.8. The monoisotopic (exact) mass is 410 g/mol. The molecule has 0 amide bonds. The van der Waals surface area contributed by atoms with Gasteiger partial charge in [0.05, 0.1) is 17.6 Å². The van der Waals surface area contributed by atoms with Crippen molar-refractivity contribution in [3.8, 4) is 0 Å². The molecule has 0 spiro atoms. The van der Waals surface area contributed by atoms with E-state index in [0.717, 1.165) is 18.0 Å². The minimum absolute atomic E-state index is 0.0218. The Morgan fingerprint density at radius 1 is 1.14 bits per heavy atom. The third-order valence-corrected chi connectivity index (χ3v) is 5.52. The summed E-state index contributed by atoms with van der Waals surface area (Å²) in [6.45, 7) is 0. The Labute approximate surface area is 159 Å². The summed E-state index contributed by atoms with van der Waals surface area (Å²) in [5.41, 5.74) is 8.62. The summed E-state index contributed by atoms with van der Waals surface area (Å²) >= 11 is 0. The molecule has 0 unspecified atom stereocenters. The van der Waals surface area contributed by atoms with E-state index in [1.54, 1.807) is 22.7 Å². The third-order valence-electron chi connectivity index (χ3n) is 4.91. The number of anilines is 1. The van der Waals surface area contributed by atoms with Crippen LogP contribution in [0.5, 0.6) is 0 Å². The lowest BCUT2D eigenvalue weighted by atomic mass is 9.80. The van der Waals surface area contributed by atoms with Crippen molar-refractivity contribution in [2.24, 2.45) is 5.73 Å². The SMILES string of the molecule is CS(=O)(=O)Nc1ccn2c3c(nc2c1)C[C@H](c1cc(F)c(F)cc1F)[C@H](N)C3. The van der Waals surface area contributed by atoms with Crippen molar-refractivity contribution in [3.05, 3.63) is 64.9 Å². The van der Waals surface area contributed by atoms with Gasteiger partial charge in [-0.2, -0.15) is 0 Å². The van der Waals surface area contributed by atoms with Crippen LogP contribution in [0, 0.1) is 17.5 Å². The second-order valence-electron chi connectivity index (χ2n) is 6.99. The fourth-order valence-electron chi connectivity index (χ4n) is 3.69. The number of pyridine rings is 1. The number of imidazole rings is 1. The standard InChI is InChI=1S/C18H17F3N4O2S/c1-28(26,27)24-9-2-3-25-17-8-15(22)11(6-16(17)23-18(25)4-9)10-5-13(20)14(21)7-12(10)19/h2-5,7,11,15,24H,6,8,22H2,1H3/t11-,15-/m1/s1. The number of nitrogens with one attached hydrogen (secondary N) is 1.